The van der Waals surface area contributed by atoms with Crippen molar-refractivity contribution in [2.75, 3.05) is 12.4 Å². The summed E-state index contributed by atoms with van der Waals surface area (Å²) in [5, 5.41) is 2.23. The lowest BCUT2D eigenvalue weighted by Gasteiger charge is -2.11. The van der Waals surface area contributed by atoms with Crippen LogP contribution in [0, 0.1) is 6.92 Å². The molecular formula is C8H9F3N2O. The van der Waals surface area contributed by atoms with Crippen molar-refractivity contribution in [2.45, 2.75) is 13.1 Å². The maximum absolute atomic E-state index is 12.4. The van der Waals surface area contributed by atoms with Gasteiger partial charge in [0.05, 0.1) is 5.56 Å². The Morgan fingerprint density at radius 1 is 1.43 bits per heavy atom. The summed E-state index contributed by atoms with van der Waals surface area (Å²) in [7, 11) is 1.27. The molecule has 0 radical (unpaired) electrons. The van der Waals surface area contributed by atoms with E-state index in [0.29, 0.717) is 0 Å². The average molecular weight is 206 g/mol. The normalized spacial score (nSPS) is 11.5. The standard InChI is InChI=1S/C8H9F3N2O/c1-4-3-5(8(9,10)11)6(12-2)7(14)13-4/h3,12H,1-2H3,(H,13,14). The van der Waals surface area contributed by atoms with E-state index < -0.39 is 23.0 Å². The molecular weight excluding hydrogens is 197 g/mol. The Morgan fingerprint density at radius 2 is 2.00 bits per heavy atom. The number of halogens is 3. The lowest BCUT2D eigenvalue weighted by Crippen LogP contribution is -2.20. The van der Waals surface area contributed by atoms with E-state index in [0.717, 1.165) is 6.07 Å². The number of alkyl halides is 3. The highest BCUT2D eigenvalue weighted by molar-refractivity contribution is 5.50. The Kier molecular flexibility index (Phi) is 2.55. The Bertz CT molecular complexity index is 395. The van der Waals surface area contributed by atoms with Crippen LogP contribution < -0.4 is 10.9 Å². The molecule has 78 valence electrons. The first kappa shape index (κ1) is 10.6. The predicted molar refractivity (Wildman–Crippen MR) is 46.3 cm³/mol. The third kappa shape index (κ3) is 1.89. The van der Waals surface area contributed by atoms with Crippen molar-refractivity contribution in [1.82, 2.24) is 4.98 Å². The first-order valence-electron chi connectivity index (χ1n) is 3.85. The molecule has 0 saturated carbocycles. The summed E-state index contributed by atoms with van der Waals surface area (Å²) in [6, 6.07) is 0.896. The Labute approximate surface area is 78.0 Å². The lowest BCUT2D eigenvalue weighted by molar-refractivity contribution is -0.137. The van der Waals surface area contributed by atoms with Crippen LogP contribution in [0.2, 0.25) is 0 Å². The minimum Gasteiger partial charge on any atom is -0.383 e. The zero-order valence-electron chi connectivity index (χ0n) is 7.62. The van der Waals surface area contributed by atoms with Crippen LogP contribution >= 0.6 is 0 Å². The van der Waals surface area contributed by atoms with Crippen LogP contribution in [-0.2, 0) is 6.18 Å². The fourth-order valence-electron chi connectivity index (χ4n) is 1.16. The van der Waals surface area contributed by atoms with Gasteiger partial charge in [-0.05, 0) is 13.0 Å². The van der Waals surface area contributed by atoms with E-state index >= 15 is 0 Å². The van der Waals surface area contributed by atoms with Crippen LogP contribution in [0.25, 0.3) is 0 Å². The zero-order chi connectivity index (χ0) is 10.9. The average Bonchev–Trinajstić information content (AvgIpc) is 2.01. The van der Waals surface area contributed by atoms with E-state index in [4.69, 9.17) is 0 Å². The van der Waals surface area contributed by atoms with Crippen molar-refractivity contribution in [2.24, 2.45) is 0 Å². The second-order valence-corrected chi connectivity index (χ2v) is 2.82. The van der Waals surface area contributed by atoms with Gasteiger partial charge in [-0.25, -0.2) is 0 Å². The molecule has 0 spiro atoms. The van der Waals surface area contributed by atoms with Gasteiger partial charge >= 0.3 is 6.18 Å². The summed E-state index contributed by atoms with van der Waals surface area (Å²) < 4.78 is 37.2. The highest BCUT2D eigenvalue weighted by atomic mass is 19.4. The third-order valence-electron chi connectivity index (χ3n) is 1.72. The van der Waals surface area contributed by atoms with Crippen LogP contribution in [0.15, 0.2) is 10.9 Å². The molecule has 0 saturated heterocycles. The highest BCUT2D eigenvalue weighted by Gasteiger charge is 2.34. The summed E-state index contributed by atoms with van der Waals surface area (Å²) in [4.78, 5) is 13.4. The molecule has 0 aliphatic carbocycles. The first-order valence-corrected chi connectivity index (χ1v) is 3.85. The third-order valence-corrected chi connectivity index (χ3v) is 1.72. The Hall–Kier alpha value is -1.46. The topological polar surface area (TPSA) is 44.9 Å². The molecule has 14 heavy (non-hydrogen) atoms. The summed E-state index contributed by atoms with van der Waals surface area (Å²) >= 11 is 0. The molecule has 1 rings (SSSR count). The number of pyridine rings is 1. The van der Waals surface area contributed by atoms with E-state index in [1.54, 1.807) is 0 Å². The first-order chi connectivity index (χ1) is 6.36. The van der Waals surface area contributed by atoms with Crippen molar-refractivity contribution in [3.05, 3.63) is 27.7 Å². The lowest BCUT2D eigenvalue weighted by atomic mass is 10.2. The van der Waals surface area contributed by atoms with Crippen molar-refractivity contribution < 1.29 is 13.2 Å². The molecule has 0 aromatic carbocycles. The number of hydrogen-bond donors (Lipinski definition) is 2. The van der Waals surface area contributed by atoms with E-state index in [-0.39, 0.29) is 5.69 Å². The van der Waals surface area contributed by atoms with Crippen LogP contribution in [-0.4, -0.2) is 12.0 Å². The van der Waals surface area contributed by atoms with Crippen molar-refractivity contribution >= 4 is 5.69 Å². The smallest absolute Gasteiger partial charge is 0.383 e. The van der Waals surface area contributed by atoms with Gasteiger partial charge in [-0.15, -0.1) is 0 Å². The molecule has 2 N–H and O–H groups in total. The van der Waals surface area contributed by atoms with Gasteiger partial charge in [-0.3, -0.25) is 4.79 Å². The van der Waals surface area contributed by atoms with Gasteiger partial charge < -0.3 is 10.3 Å². The molecule has 1 aromatic rings. The zero-order valence-corrected chi connectivity index (χ0v) is 7.62. The fraction of sp³-hybridized carbons (Fsp3) is 0.375. The number of anilines is 1. The highest BCUT2D eigenvalue weighted by Crippen LogP contribution is 2.32. The molecule has 0 unspecified atom stereocenters. The number of H-pyrrole nitrogens is 1. The minimum absolute atomic E-state index is 0.182. The number of aromatic nitrogens is 1. The molecule has 1 heterocycles. The maximum Gasteiger partial charge on any atom is 0.418 e. The largest absolute Gasteiger partial charge is 0.418 e. The van der Waals surface area contributed by atoms with Gasteiger partial charge in [-0.1, -0.05) is 0 Å². The van der Waals surface area contributed by atoms with Crippen molar-refractivity contribution in [3.8, 4) is 0 Å². The van der Waals surface area contributed by atoms with Crippen molar-refractivity contribution in [3.63, 3.8) is 0 Å². The molecule has 0 fully saturated rings. The number of nitrogens with one attached hydrogen (secondary N) is 2. The molecule has 1 aromatic heterocycles. The van der Waals surface area contributed by atoms with E-state index in [2.05, 4.69) is 10.3 Å². The quantitative estimate of drug-likeness (QED) is 0.735. The van der Waals surface area contributed by atoms with E-state index in [1.165, 1.54) is 14.0 Å². The predicted octanol–water partition coefficient (Wildman–Crippen LogP) is 1.74. The Balaban J connectivity index is 3.48. The van der Waals surface area contributed by atoms with Gasteiger partial charge in [-0.2, -0.15) is 13.2 Å². The molecule has 0 amide bonds. The molecule has 0 atom stereocenters. The number of hydrogen-bond acceptors (Lipinski definition) is 2. The van der Waals surface area contributed by atoms with Crippen molar-refractivity contribution in [1.29, 1.82) is 0 Å². The summed E-state index contributed by atoms with van der Waals surface area (Å²) in [6.07, 6.45) is -4.52. The van der Waals surface area contributed by atoms with E-state index in [1.807, 2.05) is 0 Å². The second-order valence-electron chi connectivity index (χ2n) is 2.82. The van der Waals surface area contributed by atoms with Crippen LogP contribution in [0.4, 0.5) is 18.9 Å². The van der Waals surface area contributed by atoms with Crippen LogP contribution in [0.5, 0.6) is 0 Å². The molecule has 0 aliphatic heterocycles. The monoisotopic (exact) mass is 206 g/mol. The van der Waals surface area contributed by atoms with Gasteiger partial charge in [0.2, 0.25) is 0 Å². The summed E-state index contributed by atoms with van der Waals surface area (Å²) in [5.41, 5.74) is -1.98. The van der Waals surface area contributed by atoms with Gasteiger partial charge in [0.1, 0.15) is 5.69 Å². The Morgan fingerprint density at radius 3 is 2.43 bits per heavy atom. The number of aromatic amines is 1. The fourth-order valence-corrected chi connectivity index (χ4v) is 1.16. The number of aryl methyl sites for hydroxylation is 1. The molecule has 3 nitrogen and oxygen atoms in total. The minimum atomic E-state index is -4.52. The van der Waals surface area contributed by atoms with Crippen LogP contribution in [0.3, 0.4) is 0 Å². The summed E-state index contributed by atoms with van der Waals surface area (Å²) in [5.74, 6) is 0. The number of rotatable bonds is 1. The van der Waals surface area contributed by atoms with Gasteiger partial charge in [0.25, 0.3) is 5.56 Å². The van der Waals surface area contributed by atoms with Gasteiger partial charge in [0.15, 0.2) is 0 Å². The van der Waals surface area contributed by atoms with Crippen LogP contribution in [0.1, 0.15) is 11.3 Å². The maximum atomic E-state index is 12.4. The SMILES string of the molecule is CNc1c(C(F)(F)F)cc(C)[nH]c1=O. The van der Waals surface area contributed by atoms with E-state index in [9.17, 15) is 18.0 Å². The molecule has 6 heteroatoms. The van der Waals surface area contributed by atoms with Gasteiger partial charge in [0, 0.05) is 12.7 Å². The second kappa shape index (κ2) is 3.36. The molecule has 0 aliphatic rings. The molecule has 0 bridgehead atoms. The summed E-state index contributed by atoms with van der Waals surface area (Å²) in [6.45, 7) is 1.40.